The van der Waals surface area contributed by atoms with Crippen molar-refractivity contribution in [3.05, 3.63) is 33.4 Å². The van der Waals surface area contributed by atoms with Crippen molar-refractivity contribution in [1.82, 2.24) is 14.6 Å². The largest absolute Gasteiger partial charge is 0.357 e. The number of thiophene rings is 1. The van der Waals surface area contributed by atoms with Crippen molar-refractivity contribution < 1.29 is 0 Å². The van der Waals surface area contributed by atoms with Gasteiger partial charge >= 0.3 is 0 Å². The third kappa shape index (κ3) is 1.85. The van der Waals surface area contributed by atoms with Gasteiger partial charge in [0.25, 0.3) is 5.56 Å². The van der Waals surface area contributed by atoms with Crippen molar-refractivity contribution in [1.29, 1.82) is 0 Å². The molecule has 3 aromatic heterocycles. The lowest BCUT2D eigenvalue weighted by molar-refractivity contribution is 0.916. The average Bonchev–Trinajstić information content (AvgIpc) is 2.90. The van der Waals surface area contributed by atoms with Crippen LogP contribution in [0.5, 0.6) is 0 Å². The van der Waals surface area contributed by atoms with Gasteiger partial charge in [-0.3, -0.25) is 4.79 Å². The van der Waals surface area contributed by atoms with Crippen LogP contribution in [-0.2, 0) is 0 Å². The lowest BCUT2D eigenvalue weighted by Crippen LogP contribution is -2.15. The molecule has 0 aromatic carbocycles. The zero-order chi connectivity index (χ0) is 13.6. The summed E-state index contributed by atoms with van der Waals surface area (Å²) in [5.41, 5.74) is 0.908. The molecule has 0 bridgehead atoms. The van der Waals surface area contributed by atoms with Crippen LogP contribution in [0.1, 0.15) is 10.4 Å². The molecule has 3 aromatic rings. The zero-order valence-corrected chi connectivity index (χ0v) is 12.2. The van der Waals surface area contributed by atoms with E-state index >= 15 is 0 Å². The van der Waals surface area contributed by atoms with E-state index in [0.717, 1.165) is 15.3 Å². The summed E-state index contributed by atoms with van der Waals surface area (Å²) < 4.78 is 1.37. The number of nitrogens with one attached hydrogen (secondary N) is 1. The zero-order valence-electron chi connectivity index (χ0n) is 10.6. The molecule has 0 aliphatic carbocycles. The van der Waals surface area contributed by atoms with Crippen LogP contribution in [0, 0.1) is 13.8 Å². The number of nitrogens with zero attached hydrogens (tertiary/aromatic N) is 3. The second-order valence-corrected chi connectivity index (χ2v) is 6.31. The summed E-state index contributed by atoms with van der Waals surface area (Å²) >= 11 is 2.92. The number of fused-ring (bicyclic) bond motifs is 2. The fraction of sp³-hybridized carbons (Fsp3) is 0.250. The second kappa shape index (κ2) is 4.43. The molecule has 0 spiro atoms. The predicted molar refractivity (Wildman–Crippen MR) is 80.7 cm³/mol. The van der Waals surface area contributed by atoms with E-state index < -0.39 is 0 Å². The molecule has 7 heteroatoms. The Morgan fingerprint density at radius 3 is 2.95 bits per heavy atom. The van der Waals surface area contributed by atoms with E-state index in [1.54, 1.807) is 17.4 Å². The first-order valence-corrected chi connectivity index (χ1v) is 7.39. The predicted octanol–water partition coefficient (Wildman–Crippen LogP) is 2.58. The van der Waals surface area contributed by atoms with Crippen molar-refractivity contribution in [3.8, 4) is 0 Å². The number of aryl methyl sites for hydroxylation is 2. The van der Waals surface area contributed by atoms with Crippen LogP contribution >= 0.6 is 22.7 Å². The Morgan fingerprint density at radius 2 is 2.21 bits per heavy atom. The van der Waals surface area contributed by atoms with Crippen LogP contribution in [0.25, 0.3) is 15.2 Å². The SMILES string of the molecule is C=CCNc1nn2c(=O)c3c(C)c(C)sc3nc2s1. The van der Waals surface area contributed by atoms with E-state index in [4.69, 9.17) is 0 Å². The Kier molecular flexibility index (Phi) is 2.87. The molecule has 1 N–H and O–H groups in total. The highest BCUT2D eigenvalue weighted by atomic mass is 32.1. The molecule has 0 radical (unpaired) electrons. The molecule has 0 amide bonds. The van der Waals surface area contributed by atoms with Gasteiger partial charge in [-0.05, 0) is 19.4 Å². The Balaban J connectivity index is 2.29. The van der Waals surface area contributed by atoms with Crippen LogP contribution in [0.2, 0.25) is 0 Å². The highest BCUT2D eigenvalue weighted by molar-refractivity contribution is 7.21. The van der Waals surface area contributed by atoms with Gasteiger partial charge in [-0.25, -0.2) is 4.98 Å². The summed E-state index contributed by atoms with van der Waals surface area (Å²) in [7, 11) is 0. The molecule has 98 valence electrons. The van der Waals surface area contributed by atoms with Crippen LogP contribution in [0.4, 0.5) is 5.13 Å². The van der Waals surface area contributed by atoms with E-state index in [2.05, 4.69) is 22.0 Å². The summed E-state index contributed by atoms with van der Waals surface area (Å²) in [6, 6.07) is 0. The minimum Gasteiger partial charge on any atom is -0.357 e. The van der Waals surface area contributed by atoms with E-state index in [9.17, 15) is 4.79 Å². The van der Waals surface area contributed by atoms with Gasteiger partial charge < -0.3 is 5.32 Å². The molecule has 0 saturated carbocycles. The number of rotatable bonds is 3. The molecule has 0 unspecified atom stereocenters. The summed E-state index contributed by atoms with van der Waals surface area (Å²) in [5, 5.41) is 8.69. The van der Waals surface area contributed by atoms with Gasteiger partial charge in [0.05, 0.1) is 5.39 Å². The molecule has 19 heavy (non-hydrogen) atoms. The topological polar surface area (TPSA) is 59.3 Å². The molecule has 0 saturated heterocycles. The Labute approximate surface area is 117 Å². The maximum atomic E-state index is 12.4. The minimum atomic E-state index is -0.0928. The van der Waals surface area contributed by atoms with Gasteiger partial charge in [0.2, 0.25) is 10.1 Å². The quantitative estimate of drug-likeness (QED) is 0.754. The van der Waals surface area contributed by atoms with Gasteiger partial charge in [-0.15, -0.1) is 23.0 Å². The van der Waals surface area contributed by atoms with Crippen LogP contribution in [0.15, 0.2) is 17.4 Å². The first-order chi connectivity index (χ1) is 9.11. The monoisotopic (exact) mass is 292 g/mol. The van der Waals surface area contributed by atoms with E-state index in [1.165, 1.54) is 15.9 Å². The third-order valence-electron chi connectivity index (χ3n) is 2.93. The lowest BCUT2D eigenvalue weighted by atomic mass is 10.2. The Bertz CT molecular complexity index is 843. The molecule has 0 atom stereocenters. The summed E-state index contributed by atoms with van der Waals surface area (Å²) in [5.74, 6) is 0. The van der Waals surface area contributed by atoms with Gasteiger partial charge in [-0.1, -0.05) is 17.4 Å². The number of aromatic nitrogens is 3. The van der Waals surface area contributed by atoms with Crippen molar-refractivity contribution >= 4 is 43.0 Å². The highest BCUT2D eigenvalue weighted by Gasteiger charge is 2.15. The molecule has 0 aliphatic heterocycles. The molecule has 5 nitrogen and oxygen atoms in total. The van der Waals surface area contributed by atoms with E-state index in [1.807, 2.05) is 13.8 Å². The average molecular weight is 292 g/mol. The smallest absolute Gasteiger partial charge is 0.284 e. The maximum Gasteiger partial charge on any atom is 0.284 e. The van der Waals surface area contributed by atoms with Crippen molar-refractivity contribution in [3.63, 3.8) is 0 Å². The van der Waals surface area contributed by atoms with Gasteiger partial charge in [0.15, 0.2) is 0 Å². The van der Waals surface area contributed by atoms with Crippen molar-refractivity contribution in [2.24, 2.45) is 0 Å². The van der Waals surface area contributed by atoms with E-state index in [0.29, 0.717) is 22.0 Å². The molecule has 0 fully saturated rings. The lowest BCUT2D eigenvalue weighted by Gasteiger charge is -1.93. The maximum absolute atomic E-state index is 12.4. The number of anilines is 1. The highest BCUT2D eigenvalue weighted by Crippen LogP contribution is 2.27. The van der Waals surface area contributed by atoms with Crippen LogP contribution in [-0.4, -0.2) is 21.1 Å². The first kappa shape index (κ1) is 12.3. The third-order valence-corrected chi connectivity index (χ3v) is 4.90. The Hall–Kier alpha value is -1.73. The van der Waals surface area contributed by atoms with Gasteiger partial charge in [-0.2, -0.15) is 4.52 Å². The second-order valence-electron chi connectivity index (χ2n) is 4.15. The summed E-state index contributed by atoms with van der Waals surface area (Å²) in [4.78, 5) is 19.5. The van der Waals surface area contributed by atoms with Gasteiger partial charge in [0, 0.05) is 11.4 Å². The first-order valence-electron chi connectivity index (χ1n) is 5.76. The van der Waals surface area contributed by atoms with Crippen molar-refractivity contribution in [2.45, 2.75) is 13.8 Å². The number of hydrogen-bond donors (Lipinski definition) is 1. The van der Waals surface area contributed by atoms with Crippen LogP contribution < -0.4 is 10.9 Å². The number of hydrogen-bond acceptors (Lipinski definition) is 6. The van der Waals surface area contributed by atoms with E-state index in [-0.39, 0.29) is 5.56 Å². The van der Waals surface area contributed by atoms with Crippen molar-refractivity contribution in [2.75, 3.05) is 11.9 Å². The molecule has 0 aliphatic rings. The fourth-order valence-corrected chi connectivity index (χ4v) is 3.73. The normalized spacial score (nSPS) is 11.3. The Morgan fingerprint density at radius 1 is 1.42 bits per heavy atom. The molecule has 3 rings (SSSR count). The fourth-order valence-electron chi connectivity index (χ4n) is 1.85. The standard InChI is InChI=1S/C12H12N4OS2/c1-4-5-13-11-15-16-10(17)8-6(2)7(3)18-9(8)14-12(16)19-11/h4H,1,5H2,2-3H3,(H,13,15). The minimum absolute atomic E-state index is 0.0928. The van der Waals surface area contributed by atoms with Gasteiger partial charge in [0.1, 0.15) is 4.83 Å². The summed E-state index contributed by atoms with van der Waals surface area (Å²) in [6.07, 6.45) is 1.74. The summed E-state index contributed by atoms with van der Waals surface area (Å²) in [6.45, 7) is 8.20. The molecular weight excluding hydrogens is 280 g/mol. The molecular formula is C12H12N4OS2. The van der Waals surface area contributed by atoms with Crippen LogP contribution in [0.3, 0.4) is 0 Å². The molecule has 3 heterocycles.